The van der Waals surface area contributed by atoms with Crippen LogP contribution in [0, 0.1) is 17.3 Å². The Morgan fingerprint density at radius 1 is 1.03 bits per heavy atom. The number of carbonyl (C=O) groups excluding carboxylic acids is 1. The van der Waals surface area contributed by atoms with Gasteiger partial charge in [0, 0.05) is 32.1 Å². The summed E-state index contributed by atoms with van der Waals surface area (Å²) in [6, 6.07) is 9.03. The number of fused-ring (bicyclic) bond motifs is 4. The van der Waals surface area contributed by atoms with Crippen molar-refractivity contribution in [2.24, 2.45) is 17.3 Å². The van der Waals surface area contributed by atoms with Crippen LogP contribution in [0.15, 0.2) is 47.1 Å². The summed E-state index contributed by atoms with van der Waals surface area (Å²) in [5.74, 6) is 1.80. The zero-order chi connectivity index (χ0) is 20.3. The Morgan fingerprint density at radius 2 is 1.79 bits per heavy atom. The summed E-state index contributed by atoms with van der Waals surface area (Å²) in [4.78, 5) is 14.2. The normalized spacial score (nSPS) is 36.3. The Bertz CT molecular complexity index is 894. The van der Waals surface area contributed by atoms with Crippen LogP contribution in [-0.2, 0) is 4.79 Å². The number of aliphatic hydroxyl groups is 1. The Hall–Kier alpha value is -1.87. The maximum absolute atomic E-state index is 12.1. The third kappa shape index (κ3) is 2.92. The van der Waals surface area contributed by atoms with E-state index < -0.39 is 0 Å². The van der Waals surface area contributed by atoms with Gasteiger partial charge in [-0.3, -0.25) is 4.79 Å². The molecule has 0 heterocycles. The smallest absolute Gasteiger partial charge is 0.156 e. The highest BCUT2D eigenvalue weighted by Gasteiger charge is 2.56. The van der Waals surface area contributed by atoms with Gasteiger partial charge in [0.1, 0.15) is 0 Å². The number of ketones is 1. The van der Waals surface area contributed by atoms with Gasteiger partial charge in [-0.15, -0.1) is 0 Å². The number of allylic oxidation sites excluding steroid dienone is 4. The van der Waals surface area contributed by atoms with Crippen LogP contribution >= 0.6 is 0 Å². The van der Waals surface area contributed by atoms with Gasteiger partial charge in [-0.2, -0.15) is 0 Å². The average molecular weight is 392 g/mol. The monoisotopic (exact) mass is 391 g/mol. The lowest BCUT2D eigenvalue weighted by Gasteiger charge is -2.52. The van der Waals surface area contributed by atoms with E-state index in [1.165, 1.54) is 22.4 Å². The molecular weight excluding hydrogens is 358 g/mol. The van der Waals surface area contributed by atoms with E-state index in [0.717, 1.165) is 38.5 Å². The van der Waals surface area contributed by atoms with Crippen LogP contribution in [0.2, 0.25) is 0 Å². The van der Waals surface area contributed by atoms with Crippen molar-refractivity contribution in [2.75, 3.05) is 19.0 Å². The molecule has 0 bridgehead atoms. The van der Waals surface area contributed by atoms with Crippen LogP contribution in [-0.4, -0.2) is 31.1 Å². The van der Waals surface area contributed by atoms with Crippen molar-refractivity contribution in [1.82, 2.24) is 0 Å². The van der Waals surface area contributed by atoms with Gasteiger partial charge in [-0.25, -0.2) is 0 Å². The van der Waals surface area contributed by atoms with Crippen molar-refractivity contribution >= 4 is 11.5 Å². The first-order chi connectivity index (χ1) is 13.9. The van der Waals surface area contributed by atoms with Gasteiger partial charge in [-0.1, -0.05) is 24.6 Å². The van der Waals surface area contributed by atoms with Crippen molar-refractivity contribution in [3.05, 3.63) is 52.6 Å². The van der Waals surface area contributed by atoms with Crippen molar-refractivity contribution < 1.29 is 9.90 Å². The highest BCUT2D eigenvalue weighted by Crippen LogP contribution is 2.63. The summed E-state index contributed by atoms with van der Waals surface area (Å²) in [7, 11) is 4.15. The molecule has 3 nitrogen and oxygen atoms in total. The minimum atomic E-state index is -0.188. The second-order valence-electron chi connectivity index (χ2n) is 10.2. The summed E-state index contributed by atoms with van der Waals surface area (Å²) in [5, 5.41) is 10.9. The molecule has 1 aromatic carbocycles. The minimum Gasteiger partial charge on any atom is -0.393 e. The number of anilines is 1. The first-order valence-corrected chi connectivity index (χ1v) is 11.3. The molecular formula is C26H33NO2. The lowest BCUT2D eigenvalue weighted by atomic mass is 9.53. The molecule has 29 heavy (non-hydrogen) atoms. The Labute approximate surface area is 174 Å². The molecule has 1 N–H and O–H groups in total. The molecule has 0 spiro atoms. The van der Waals surface area contributed by atoms with E-state index in [2.05, 4.69) is 50.2 Å². The van der Waals surface area contributed by atoms with Gasteiger partial charge in [0.15, 0.2) is 5.78 Å². The zero-order valence-electron chi connectivity index (χ0n) is 17.9. The number of hydrogen-bond acceptors (Lipinski definition) is 3. The van der Waals surface area contributed by atoms with E-state index in [-0.39, 0.29) is 11.5 Å². The second kappa shape index (κ2) is 6.84. The fraction of sp³-hybridized carbons (Fsp3) is 0.577. The molecule has 1 aromatic rings. The molecule has 0 aliphatic heterocycles. The van der Waals surface area contributed by atoms with Crippen LogP contribution in [0.25, 0.3) is 0 Å². The van der Waals surface area contributed by atoms with Crippen molar-refractivity contribution in [3.8, 4) is 0 Å². The van der Waals surface area contributed by atoms with Gasteiger partial charge in [0.2, 0.25) is 0 Å². The zero-order valence-corrected chi connectivity index (χ0v) is 17.9. The third-order valence-electron chi connectivity index (χ3n) is 8.49. The van der Waals surface area contributed by atoms with E-state index >= 15 is 0 Å². The van der Waals surface area contributed by atoms with Crippen LogP contribution < -0.4 is 4.90 Å². The number of aliphatic hydroxyl groups excluding tert-OH is 1. The number of benzene rings is 1. The molecule has 4 aliphatic rings. The van der Waals surface area contributed by atoms with E-state index in [4.69, 9.17) is 0 Å². The number of carbonyl (C=O) groups is 1. The molecule has 4 aliphatic carbocycles. The van der Waals surface area contributed by atoms with Gasteiger partial charge in [0.05, 0.1) is 6.10 Å². The van der Waals surface area contributed by atoms with E-state index in [0.29, 0.717) is 30.0 Å². The maximum Gasteiger partial charge on any atom is 0.156 e. The summed E-state index contributed by atoms with van der Waals surface area (Å²) >= 11 is 0. The molecule has 3 heteroatoms. The first kappa shape index (κ1) is 19.1. The quantitative estimate of drug-likeness (QED) is 0.770. The van der Waals surface area contributed by atoms with Crippen molar-refractivity contribution in [2.45, 2.75) is 63.9 Å². The third-order valence-corrected chi connectivity index (χ3v) is 8.49. The summed E-state index contributed by atoms with van der Waals surface area (Å²) in [6.07, 6.45) is 8.59. The molecule has 2 saturated carbocycles. The summed E-state index contributed by atoms with van der Waals surface area (Å²) < 4.78 is 0. The van der Waals surface area contributed by atoms with E-state index in [1.807, 2.05) is 6.08 Å². The molecule has 154 valence electrons. The first-order valence-electron chi connectivity index (χ1n) is 11.3. The minimum absolute atomic E-state index is 0.00527. The van der Waals surface area contributed by atoms with Crippen molar-refractivity contribution in [1.29, 1.82) is 0 Å². The molecule has 0 amide bonds. The summed E-state index contributed by atoms with van der Waals surface area (Å²) in [5.41, 5.74) is 7.02. The number of nitrogens with zero attached hydrogens (tertiary/aromatic N) is 1. The van der Waals surface area contributed by atoms with E-state index in [9.17, 15) is 9.90 Å². The molecule has 0 aromatic heterocycles. The largest absolute Gasteiger partial charge is 0.393 e. The molecule has 5 atom stereocenters. The van der Waals surface area contributed by atoms with E-state index in [1.54, 1.807) is 5.57 Å². The van der Waals surface area contributed by atoms with Gasteiger partial charge in [0.25, 0.3) is 0 Å². The van der Waals surface area contributed by atoms with Crippen LogP contribution in [0.3, 0.4) is 0 Å². The summed E-state index contributed by atoms with van der Waals surface area (Å²) in [6.45, 7) is 2.34. The molecule has 2 fully saturated rings. The molecule has 0 radical (unpaired) electrons. The van der Waals surface area contributed by atoms with Gasteiger partial charge < -0.3 is 10.0 Å². The number of rotatable bonds is 2. The van der Waals surface area contributed by atoms with Crippen molar-refractivity contribution in [3.63, 3.8) is 0 Å². The van der Waals surface area contributed by atoms with Crippen LogP contribution in [0.5, 0.6) is 0 Å². The SMILES string of the molecule is CN(C)c1ccc([C@H]2C[C@]3(C)[C@@H](O)CC[C@H]3[C@@H]3CCC4=CC(=O)CCC4=C32)cc1. The predicted octanol–water partition coefficient (Wildman–Crippen LogP) is 5.01. The highest BCUT2D eigenvalue weighted by molar-refractivity contribution is 5.93. The molecule has 0 saturated heterocycles. The molecule has 0 unspecified atom stereocenters. The van der Waals surface area contributed by atoms with Crippen LogP contribution in [0.4, 0.5) is 5.69 Å². The van der Waals surface area contributed by atoms with Crippen LogP contribution in [0.1, 0.15) is 63.4 Å². The fourth-order valence-corrected chi connectivity index (χ4v) is 6.94. The Balaban J connectivity index is 1.64. The highest BCUT2D eigenvalue weighted by atomic mass is 16.3. The topological polar surface area (TPSA) is 40.5 Å². The predicted molar refractivity (Wildman–Crippen MR) is 117 cm³/mol. The van der Waals surface area contributed by atoms with Gasteiger partial charge in [-0.05, 0) is 90.7 Å². The standard InChI is InChI=1S/C26H33NO2/c1-26-15-22(16-4-7-18(8-5-16)27(2)3)25-20-11-9-19(28)14-17(20)6-10-21(25)23(26)12-13-24(26)29/h4-5,7-8,14,21-24,29H,6,9-13,15H2,1-3H3/t21-,22+,23-,24-,26-/m0/s1. The average Bonchev–Trinajstić information content (AvgIpc) is 3.01. The second-order valence-corrected chi connectivity index (χ2v) is 10.2. The fourth-order valence-electron chi connectivity index (χ4n) is 6.94. The Morgan fingerprint density at radius 3 is 2.52 bits per heavy atom. The maximum atomic E-state index is 12.1. The lowest BCUT2D eigenvalue weighted by molar-refractivity contribution is -0.114. The van der Waals surface area contributed by atoms with Gasteiger partial charge >= 0.3 is 0 Å². The molecule has 5 rings (SSSR count). The lowest BCUT2D eigenvalue weighted by Crippen LogP contribution is -2.45. The number of hydrogen-bond donors (Lipinski definition) is 1. The Kier molecular flexibility index (Phi) is 4.51.